The highest BCUT2D eigenvalue weighted by molar-refractivity contribution is 6.23. The number of hydrogen-bond donors (Lipinski definition) is 1. The first-order valence-corrected chi connectivity index (χ1v) is 10.7. The molecule has 2 aromatic rings. The first-order chi connectivity index (χ1) is 15.0. The SMILES string of the molecule is CCN1C(=O)c2cccc(N3CCC[C@@H](C(=O)NCc4ccccc4OC)C3)c2C1=O. The van der Waals surface area contributed by atoms with Crippen molar-refractivity contribution >= 4 is 23.4 Å². The van der Waals surface area contributed by atoms with Crippen LogP contribution in [-0.2, 0) is 11.3 Å². The molecule has 0 bridgehead atoms. The third-order valence-corrected chi connectivity index (χ3v) is 6.07. The number of imide groups is 1. The monoisotopic (exact) mass is 421 g/mol. The van der Waals surface area contributed by atoms with Crippen molar-refractivity contribution in [3.63, 3.8) is 0 Å². The fraction of sp³-hybridized carbons (Fsp3) is 0.375. The fourth-order valence-electron chi connectivity index (χ4n) is 4.45. The molecule has 2 heterocycles. The number of fused-ring (bicyclic) bond motifs is 1. The van der Waals surface area contributed by atoms with Crippen LogP contribution in [0.2, 0.25) is 0 Å². The van der Waals surface area contributed by atoms with Crippen LogP contribution in [0.25, 0.3) is 0 Å². The number of piperidine rings is 1. The van der Waals surface area contributed by atoms with Crippen molar-refractivity contribution in [1.82, 2.24) is 10.2 Å². The van der Waals surface area contributed by atoms with E-state index in [1.807, 2.05) is 36.4 Å². The van der Waals surface area contributed by atoms with E-state index in [1.165, 1.54) is 4.90 Å². The third-order valence-electron chi connectivity index (χ3n) is 6.07. The zero-order chi connectivity index (χ0) is 22.0. The summed E-state index contributed by atoms with van der Waals surface area (Å²) in [6.07, 6.45) is 1.63. The molecule has 7 nitrogen and oxygen atoms in total. The number of amides is 3. The summed E-state index contributed by atoms with van der Waals surface area (Å²) in [5, 5.41) is 3.02. The fourth-order valence-corrected chi connectivity index (χ4v) is 4.45. The van der Waals surface area contributed by atoms with Gasteiger partial charge in [-0.15, -0.1) is 0 Å². The van der Waals surface area contributed by atoms with Crippen molar-refractivity contribution < 1.29 is 19.1 Å². The van der Waals surface area contributed by atoms with Crippen LogP contribution in [0.4, 0.5) is 5.69 Å². The normalized spacial score (nSPS) is 18.2. The van der Waals surface area contributed by atoms with Gasteiger partial charge >= 0.3 is 0 Å². The highest BCUT2D eigenvalue weighted by Gasteiger charge is 2.38. The summed E-state index contributed by atoms with van der Waals surface area (Å²) in [4.78, 5) is 41.6. The Bertz CT molecular complexity index is 1020. The number of anilines is 1. The summed E-state index contributed by atoms with van der Waals surface area (Å²) in [6.45, 7) is 3.81. The number of ether oxygens (including phenoxy) is 1. The van der Waals surface area contributed by atoms with E-state index in [9.17, 15) is 14.4 Å². The van der Waals surface area contributed by atoms with Gasteiger partial charge in [0.05, 0.1) is 29.8 Å². The van der Waals surface area contributed by atoms with Crippen molar-refractivity contribution in [2.24, 2.45) is 5.92 Å². The van der Waals surface area contributed by atoms with Gasteiger partial charge in [-0.05, 0) is 38.0 Å². The van der Waals surface area contributed by atoms with Crippen LogP contribution in [0.5, 0.6) is 5.75 Å². The Morgan fingerprint density at radius 3 is 2.71 bits per heavy atom. The van der Waals surface area contributed by atoms with E-state index < -0.39 is 0 Å². The van der Waals surface area contributed by atoms with E-state index in [0.29, 0.717) is 30.8 Å². The van der Waals surface area contributed by atoms with Gasteiger partial charge in [-0.3, -0.25) is 19.3 Å². The predicted octanol–water partition coefficient (Wildman–Crippen LogP) is 2.84. The van der Waals surface area contributed by atoms with Crippen molar-refractivity contribution in [3.05, 3.63) is 59.2 Å². The highest BCUT2D eigenvalue weighted by Crippen LogP contribution is 2.34. The number of methoxy groups -OCH3 is 1. The van der Waals surface area contributed by atoms with Gasteiger partial charge in [0.1, 0.15) is 5.75 Å². The molecule has 3 amide bonds. The topological polar surface area (TPSA) is 79.0 Å². The number of hydrogen-bond acceptors (Lipinski definition) is 5. The van der Waals surface area contributed by atoms with E-state index in [0.717, 1.165) is 36.4 Å². The summed E-state index contributed by atoms with van der Waals surface area (Å²) in [6, 6.07) is 13.0. The third kappa shape index (κ3) is 3.87. The lowest BCUT2D eigenvalue weighted by Crippen LogP contribution is -2.43. The quantitative estimate of drug-likeness (QED) is 0.726. The van der Waals surface area contributed by atoms with Gasteiger partial charge in [-0.25, -0.2) is 0 Å². The summed E-state index contributed by atoms with van der Waals surface area (Å²) in [5.41, 5.74) is 2.58. The van der Waals surface area contributed by atoms with Crippen LogP contribution in [0.3, 0.4) is 0 Å². The van der Waals surface area contributed by atoms with Crippen LogP contribution < -0.4 is 15.0 Å². The number of nitrogens with one attached hydrogen (secondary N) is 1. The Morgan fingerprint density at radius 1 is 1.13 bits per heavy atom. The molecule has 4 rings (SSSR count). The van der Waals surface area contributed by atoms with Gasteiger partial charge in [0.25, 0.3) is 11.8 Å². The predicted molar refractivity (Wildman–Crippen MR) is 117 cm³/mol. The molecule has 0 aromatic heterocycles. The van der Waals surface area contributed by atoms with Gasteiger partial charge in [0.2, 0.25) is 5.91 Å². The number of para-hydroxylation sites is 1. The van der Waals surface area contributed by atoms with Gasteiger partial charge in [0.15, 0.2) is 0 Å². The van der Waals surface area contributed by atoms with Crippen LogP contribution in [0.15, 0.2) is 42.5 Å². The first kappa shape index (κ1) is 20.9. The van der Waals surface area contributed by atoms with Crippen LogP contribution >= 0.6 is 0 Å². The Balaban J connectivity index is 1.48. The zero-order valence-corrected chi connectivity index (χ0v) is 17.9. The van der Waals surface area contributed by atoms with Crippen molar-refractivity contribution in [2.75, 3.05) is 31.6 Å². The Morgan fingerprint density at radius 2 is 1.94 bits per heavy atom. The average Bonchev–Trinajstić information content (AvgIpc) is 3.07. The minimum atomic E-state index is -0.249. The van der Waals surface area contributed by atoms with Gasteiger partial charge < -0.3 is 15.0 Å². The summed E-state index contributed by atoms with van der Waals surface area (Å²) >= 11 is 0. The first-order valence-electron chi connectivity index (χ1n) is 10.7. The van der Waals surface area contributed by atoms with E-state index in [2.05, 4.69) is 10.2 Å². The molecule has 2 aliphatic heterocycles. The maximum atomic E-state index is 12.9. The number of benzene rings is 2. The molecule has 31 heavy (non-hydrogen) atoms. The molecule has 0 unspecified atom stereocenters. The molecule has 2 aromatic carbocycles. The number of carbonyl (C=O) groups excluding carboxylic acids is 3. The zero-order valence-electron chi connectivity index (χ0n) is 17.9. The number of rotatable bonds is 6. The average molecular weight is 421 g/mol. The Labute approximate surface area is 182 Å². The van der Waals surface area contributed by atoms with Crippen molar-refractivity contribution in [1.29, 1.82) is 0 Å². The van der Waals surface area contributed by atoms with E-state index in [1.54, 1.807) is 20.1 Å². The Hall–Kier alpha value is -3.35. The van der Waals surface area contributed by atoms with Gasteiger partial charge in [0, 0.05) is 31.7 Å². The lowest BCUT2D eigenvalue weighted by molar-refractivity contribution is -0.125. The standard InChI is InChI=1S/C24H27N3O4/c1-3-27-23(29)18-10-6-11-19(21(18)24(27)30)26-13-7-9-17(15-26)22(28)25-14-16-8-4-5-12-20(16)31-2/h4-6,8,10-12,17H,3,7,9,13-15H2,1-2H3,(H,25,28)/t17-/m1/s1. The molecular weight excluding hydrogens is 394 g/mol. The molecule has 1 atom stereocenters. The summed E-state index contributed by atoms with van der Waals surface area (Å²) < 4.78 is 5.35. The maximum Gasteiger partial charge on any atom is 0.263 e. The van der Waals surface area contributed by atoms with Crippen LogP contribution in [0.1, 0.15) is 46.0 Å². The molecule has 0 saturated carbocycles. The van der Waals surface area contributed by atoms with Crippen LogP contribution in [0, 0.1) is 5.92 Å². The maximum absolute atomic E-state index is 12.9. The van der Waals surface area contributed by atoms with Gasteiger partial charge in [-0.2, -0.15) is 0 Å². The largest absolute Gasteiger partial charge is 0.496 e. The minimum Gasteiger partial charge on any atom is -0.496 e. The minimum absolute atomic E-state index is 0.0132. The molecule has 162 valence electrons. The number of nitrogens with zero attached hydrogens (tertiary/aromatic N) is 2. The van der Waals surface area contributed by atoms with E-state index in [-0.39, 0.29) is 23.6 Å². The van der Waals surface area contributed by atoms with Crippen molar-refractivity contribution in [3.8, 4) is 5.75 Å². The van der Waals surface area contributed by atoms with Crippen LogP contribution in [-0.4, -0.2) is 49.4 Å². The Kier molecular flexibility index (Phi) is 5.93. The molecular formula is C24H27N3O4. The van der Waals surface area contributed by atoms with E-state index >= 15 is 0 Å². The summed E-state index contributed by atoms with van der Waals surface area (Å²) in [7, 11) is 1.61. The molecule has 7 heteroatoms. The second kappa shape index (κ2) is 8.79. The molecule has 0 spiro atoms. The number of carbonyl (C=O) groups is 3. The molecule has 0 aliphatic carbocycles. The molecule has 1 fully saturated rings. The highest BCUT2D eigenvalue weighted by atomic mass is 16.5. The van der Waals surface area contributed by atoms with E-state index in [4.69, 9.17) is 4.74 Å². The van der Waals surface area contributed by atoms with Gasteiger partial charge in [-0.1, -0.05) is 24.3 Å². The molecule has 1 N–H and O–H groups in total. The smallest absolute Gasteiger partial charge is 0.263 e. The van der Waals surface area contributed by atoms with Crippen molar-refractivity contribution in [2.45, 2.75) is 26.3 Å². The molecule has 1 saturated heterocycles. The molecule has 0 radical (unpaired) electrons. The second-order valence-corrected chi connectivity index (χ2v) is 7.87. The second-order valence-electron chi connectivity index (χ2n) is 7.87. The summed E-state index contributed by atoms with van der Waals surface area (Å²) in [5.74, 6) is 0.0550. The molecule has 2 aliphatic rings. The lowest BCUT2D eigenvalue weighted by Gasteiger charge is -2.34. The lowest BCUT2D eigenvalue weighted by atomic mass is 9.95.